The van der Waals surface area contributed by atoms with Crippen LogP contribution < -0.4 is 0 Å². The average molecular weight is 645 g/mol. The summed E-state index contributed by atoms with van der Waals surface area (Å²) in [5.74, 6) is 0.498. The van der Waals surface area contributed by atoms with E-state index in [1.54, 1.807) is 0 Å². The Hall–Kier alpha value is -6.71. The third-order valence-corrected chi connectivity index (χ3v) is 8.74. The van der Waals surface area contributed by atoms with Gasteiger partial charge >= 0.3 is 0 Å². The summed E-state index contributed by atoms with van der Waals surface area (Å²) < 4.78 is 60.8. The highest BCUT2D eigenvalue weighted by Gasteiger charge is 2.14. The van der Waals surface area contributed by atoms with Gasteiger partial charge in [-0.05, 0) is 85.2 Å². The van der Waals surface area contributed by atoms with E-state index in [4.69, 9.17) is 23.2 Å². The Balaban J connectivity index is 1.21. The summed E-state index contributed by atoms with van der Waals surface area (Å²) >= 11 is 0. The zero-order valence-electron chi connectivity index (χ0n) is 33.7. The highest BCUT2D eigenvalue weighted by atomic mass is 15.0. The number of hydrogen-bond donors (Lipinski definition) is 0. The number of aromatic nitrogens is 3. The van der Waals surface area contributed by atoms with Gasteiger partial charge in [0.15, 0.2) is 17.5 Å². The summed E-state index contributed by atoms with van der Waals surface area (Å²) in [6, 6.07) is 45.3. The van der Waals surface area contributed by atoms with Gasteiger partial charge in [0, 0.05) is 16.7 Å². The van der Waals surface area contributed by atoms with Crippen LogP contribution in [0.4, 0.5) is 0 Å². The Bertz CT molecular complexity index is 3050. The first-order valence-electron chi connectivity index (χ1n) is 19.8. The van der Waals surface area contributed by atoms with Crippen LogP contribution in [0.25, 0.3) is 89.1 Å². The molecule has 0 N–H and O–H groups in total. The topological polar surface area (TPSA) is 38.7 Å². The summed E-state index contributed by atoms with van der Waals surface area (Å²) in [4.78, 5) is 14.6. The molecule has 3 heteroatoms. The predicted octanol–water partition coefficient (Wildman–Crippen LogP) is 12.2. The van der Waals surface area contributed by atoms with Gasteiger partial charge in [-0.3, -0.25) is 0 Å². The molecule has 0 fully saturated rings. The molecule has 1 aromatic heterocycles. The Morgan fingerprint density at radius 3 is 1.32 bits per heavy atom. The maximum Gasteiger partial charge on any atom is 0.164 e. The van der Waals surface area contributed by atoms with Gasteiger partial charge in [0.25, 0.3) is 0 Å². The van der Waals surface area contributed by atoms with Crippen molar-refractivity contribution in [1.29, 1.82) is 0 Å². The molecule has 3 nitrogen and oxygen atoms in total. The minimum Gasteiger partial charge on any atom is -0.208 e. The summed E-state index contributed by atoms with van der Waals surface area (Å²) in [6.07, 6.45) is 0. The molecular formula is C47H31N3. The van der Waals surface area contributed by atoms with Crippen LogP contribution in [0.2, 0.25) is 0 Å². The first kappa shape index (κ1) is 22.8. The Labute approximate surface area is 301 Å². The van der Waals surface area contributed by atoms with Crippen molar-refractivity contribution in [3.05, 3.63) is 188 Å². The number of hydrogen-bond acceptors (Lipinski definition) is 3. The van der Waals surface area contributed by atoms with E-state index >= 15 is 0 Å². The standard InChI is InChI=1S/C47H31N3/c1-3-11-32(12-4-1)36-17-9-19-42(29-36)45-48-46(50-47(49-45)44-26-21-34-15-7-8-16-35(34)30-44)43-20-10-18-37(31-43)39-24-25-40-27-38(22-23-41(40)28-39)33-13-5-2-6-14-33/h1-31H/i7D,8D,15D,16D,21D,26D,30D. The Kier molecular flexibility index (Phi) is 5.80. The lowest BCUT2D eigenvalue weighted by Gasteiger charge is -2.11. The molecule has 0 bridgehead atoms. The molecule has 0 amide bonds. The van der Waals surface area contributed by atoms with Crippen molar-refractivity contribution in [2.75, 3.05) is 0 Å². The lowest BCUT2D eigenvalue weighted by atomic mass is 9.97. The minimum absolute atomic E-state index is 0.0525. The normalized spacial score (nSPS) is 13.2. The van der Waals surface area contributed by atoms with E-state index in [9.17, 15) is 1.37 Å². The molecule has 0 aliphatic carbocycles. The zero-order valence-corrected chi connectivity index (χ0v) is 26.7. The van der Waals surface area contributed by atoms with Gasteiger partial charge in [-0.2, -0.15) is 0 Å². The minimum atomic E-state index is -0.529. The predicted molar refractivity (Wildman–Crippen MR) is 207 cm³/mol. The largest absolute Gasteiger partial charge is 0.208 e. The highest BCUT2D eigenvalue weighted by molar-refractivity contribution is 5.91. The number of nitrogens with zero attached hydrogens (tertiary/aromatic N) is 3. The lowest BCUT2D eigenvalue weighted by Crippen LogP contribution is -2.00. The molecule has 0 aliphatic heterocycles. The van der Waals surface area contributed by atoms with Gasteiger partial charge in [-0.1, -0.05) is 158 Å². The van der Waals surface area contributed by atoms with Crippen molar-refractivity contribution in [2.45, 2.75) is 0 Å². The van der Waals surface area contributed by atoms with E-state index in [2.05, 4.69) is 48.5 Å². The third kappa shape index (κ3) is 5.82. The number of fused-ring (bicyclic) bond motifs is 2. The van der Waals surface area contributed by atoms with Crippen LogP contribution in [-0.2, 0) is 0 Å². The summed E-state index contributed by atoms with van der Waals surface area (Å²) in [7, 11) is 0. The summed E-state index contributed by atoms with van der Waals surface area (Å²) in [5.41, 5.74) is 7.34. The molecule has 8 aromatic carbocycles. The van der Waals surface area contributed by atoms with Crippen molar-refractivity contribution in [2.24, 2.45) is 0 Å². The number of benzene rings is 8. The van der Waals surface area contributed by atoms with Gasteiger partial charge in [-0.15, -0.1) is 0 Å². The Morgan fingerprint density at radius 1 is 0.300 bits per heavy atom. The third-order valence-electron chi connectivity index (χ3n) is 8.74. The van der Waals surface area contributed by atoms with Crippen molar-refractivity contribution in [3.8, 4) is 67.5 Å². The smallest absolute Gasteiger partial charge is 0.164 e. The fourth-order valence-electron chi connectivity index (χ4n) is 6.18. The maximum atomic E-state index is 9.24. The first-order valence-corrected chi connectivity index (χ1v) is 16.3. The van der Waals surface area contributed by atoms with Crippen LogP contribution >= 0.6 is 0 Å². The van der Waals surface area contributed by atoms with E-state index in [0.29, 0.717) is 11.1 Å². The number of rotatable bonds is 6. The quantitative estimate of drug-likeness (QED) is 0.181. The molecule has 9 rings (SSSR count). The van der Waals surface area contributed by atoms with Crippen LogP contribution in [0.15, 0.2) is 188 Å². The lowest BCUT2D eigenvalue weighted by molar-refractivity contribution is 1.07. The molecule has 0 saturated heterocycles. The molecule has 50 heavy (non-hydrogen) atoms. The molecule has 0 aliphatic rings. The second-order valence-corrected chi connectivity index (χ2v) is 12.0. The van der Waals surface area contributed by atoms with Crippen LogP contribution in [0.3, 0.4) is 0 Å². The van der Waals surface area contributed by atoms with Gasteiger partial charge in [0.05, 0.1) is 9.60 Å². The second kappa shape index (κ2) is 12.7. The molecule has 234 valence electrons. The summed E-state index contributed by atoms with van der Waals surface area (Å²) in [5, 5.41) is 1.85. The fourth-order valence-corrected chi connectivity index (χ4v) is 6.18. The van der Waals surface area contributed by atoms with Crippen molar-refractivity contribution in [1.82, 2.24) is 15.0 Å². The van der Waals surface area contributed by atoms with Crippen molar-refractivity contribution < 1.29 is 9.60 Å². The fraction of sp³-hybridized carbons (Fsp3) is 0. The molecule has 0 saturated carbocycles. The van der Waals surface area contributed by atoms with Crippen molar-refractivity contribution >= 4 is 21.5 Å². The van der Waals surface area contributed by atoms with Gasteiger partial charge in [0.1, 0.15) is 0 Å². The molecule has 0 unspecified atom stereocenters. The molecule has 0 spiro atoms. The SMILES string of the molecule is [2H]c1c([2H])c([2H])c2c([2H])c(-c3nc(-c4cccc(-c5ccccc5)c4)nc(-c4cccc(-c5ccc6cc(-c7ccccc7)ccc6c5)c4)n3)c([2H])c([2H])c2c1[2H]. The van der Waals surface area contributed by atoms with E-state index in [-0.39, 0.29) is 39.9 Å². The molecule has 1 heterocycles. The van der Waals surface area contributed by atoms with Crippen molar-refractivity contribution in [3.63, 3.8) is 0 Å². The first-order chi connectivity index (χ1) is 27.7. The Morgan fingerprint density at radius 2 is 0.740 bits per heavy atom. The monoisotopic (exact) mass is 644 g/mol. The molecule has 9 aromatic rings. The average Bonchev–Trinajstić information content (AvgIpc) is 3.26. The van der Waals surface area contributed by atoms with Gasteiger partial charge in [0.2, 0.25) is 0 Å². The van der Waals surface area contributed by atoms with Crippen LogP contribution in [0.1, 0.15) is 9.60 Å². The molecule has 0 atom stereocenters. The van der Waals surface area contributed by atoms with E-state index < -0.39 is 36.3 Å². The molecule has 0 radical (unpaired) electrons. The zero-order chi connectivity index (χ0) is 39.4. The van der Waals surface area contributed by atoms with Gasteiger partial charge < -0.3 is 0 Å². The van der Waals surface area contributed by atoms with Gasteiger partial charge in [-0.25, -0.2) is 15.0 Å². The second-order valence-electron chi connectivity index (χ2n) is 12.0. The summed E-state index contributed by atoms with van der Waals surface area (Å²) in [6.45, 7) is 0. The van der Waals surface area contributed by atoms with E-state index in [0.717, 1.165) is 44.2 Å². The van der Waals surface area contributed by atoms with Crippen LogP contribution in [0.5, 0.6) is 0 Å². The van der Waals surface area contributed by atoms with Crippen LogP contribution in [-0.4, -0.2) is 15.0 Å². The van der Waals surface area contributed by atoms with E-state index in [1.807, 2.05) is 97.1 Å². The molecular weight excluding hydrogens is 607 g/mol. The highest BCUT2D eigenvalue weighted by Crippen LogP contribution is 2.33. The maximum absolute atomic E-state index is 9.24. The van der Waals surface area contributed by atoms with E-state index in [1.165, 1.54) is 0 Å². The van der Waals surface area contributed by atoms with Crippen LogP contribution in [0, 0.1) is 0 Å².